The first-order valence-electron chi connectivity index (χ1n) is 8.85. The van der Waals surface area contributed by atoms with Crippen molar-refractivity contribution in [3.8, 4) is 0 Å². The van der Waals surface area contributed by atoms with E-state index >= 15 is 0 Å². The predicted octanol–water partition coefficient (Wildman–Crippen LogP) is -0.283. The third-order valence-corrected chi connectivity index (χ3v) is 5.20. The summed E-state index contributed by atoms with van der Waals surface area (Å²) in [5.74, 6) is 1.37. The number of nitrogens with two attached hydrogens (primary N) is 1. The summed E-state index contributed by atoms with van der Waals surface area (Å²) in [4.78, 5) is 24.8. The third-order valence-electron chi connectivity index (χ3n) is 5.20. The molecule has 9 nitrogen and oxygen atoms in total. The molecule has 1 saturated heterocycles. The molecule has 0 radical (unpaired) electrons. The Morgan fingerprint density at radius 1 is 1.12 bits per heavy atom. The number of piperazine rings is 1. The number of aromatic nitrogens is 4. The third kappa shape index (κ3) is 3.22. The van der Waals surface area contributed by atoms with E-state index in [9.17, 15) is 9.90 Å². The number of aliphatic hydroxyl groups is 1. The van der Waals surface area contributed by atoms with E-state index in [-0.39, 0.29) is 23.5 Å². The van der Waals surface area contributed by atoms with Gasteiger partial charge < -0.3 is 20.6 Å². The first-order chi connectivity index (χ1) is 12.5. The van der Waals surface area contributed by atoms with Gasteiger partial charge >= 0.3 is 0 Å². The Morgan fingerprint density at radius 2 is 1.81 bits per heavy atom. The van der Waals surface area contributed by atoms with Gasteiger partial charge in [0.2, 0.25) is 5.95 Å². The molecule has 1 saturated carbocycles. The van der Waals surface area contributed by atoms with E-state index in [0.717, 1.165) is 56.2 Å². The molecule has 1 aliphatic carbocycles. The van der Waals surface area contributed by atoms with Crippen LogP contribution in [0.2, 0.25) is 0 Å². The Kier molecular flexibility index (Phi) is 4.23. The van der Waals surface area contributed by atoms with E-state index in [1.807, 2.05) is 6.07 Å². The van der Waals surface area contributed by atoms with Gasteiger partial charge in [0.15, 0.2) is 0 Å². The lowest BCUT2D eigenvalue weighted by molar-refractivity contribution is 0.0732. The van der Waals surface area contributed by atoms with Crippen LogP contribution in [0.3, 0.4) is 0 Å². The molecule has 26 heavy (non-hydrogen) atoms. The lowest BCUT2D eigenvalue weighted by Gasteiger charge is -2.37. The van der Waals surface area contributed by atoms with Crippen molar-refractivity contribution >= 4 is 17.5 Å². The minimum absolute atomic E-state index is 0.110. The minimum Gasteiger partial charge on any atom is -0.393 e. The average molecular weight is 357 g/mol. The van der Waals surface area contributed by atoms with Crippen LogP contribution in [0.4, 0.5) is 17.5 Å². The van der Waals surface area contributed by atoms with Gasteiger partial charge in [-0.3, -0.25) is 4.79 Å². The number of rotatable bonds is 3. The summed E-state index contributed by atoms with van der Waals surface area (Å²) < 4.78 is 1.32. The van der Waals surface area contributed by atoms with Crippen LogP contribution < -0.4 is 21.1 Å². The van der Waals surface area contributed by atoms with Gasteiger partial charge in [-0.25, -0.2) is 9.67 Å². The van der Waals surface area contributed by atoms with Crippen LogP contribution in [-0.4, -0.2) is 57.1 Å². The van der Waals surface area contributed by atoms with Crippen LogP contribution in [0, 0.1) is 0 Å². The van der Waals surface area contributed by atoms with Crippen LogP contribution in [0.1, 0.15) is 24.5 Å². The zero-order valence-electron chi connectivity index (χ0n) is 14.7. The maximum absolute atomic E-state index is 11.8. The molecule has 9 heteroatoms. The average Bonchev–Trinajstić information content (AvgIpc) is 2.61. The number of nitrogen functional groups attached to an aromatic ring is 1. The standard InChI is InChI=1S/C17H23N7O2/c1-22-16(26)8-12(10-19-22)23-2-4-24(5-3-23)15-9-14(20-17(18)21-15)11-6-13(25)7-11/h8-11,13,25H,2-7H2,1H3,(H2,18,20,21). The van der Waals surface area contributed by atoms with Gasteiger partial charge in [0.1, 0.15) is 5.82 Å². The fourth-order valence-corrected chi connectivity index (χ4v) is 3.50. The SMILES string of the molecule is Cn1ncc(N2CCN(c3cc(C4CC(O)C4)nc(N)n3)CC2)cc1=O. The van der Waals surface area contributed by atoms with Gasteiger partial charge in [-0.1, -0.05) is 0 Å². The minimum atomic E-state index is -0.227. The molecule has 3 N–H and O–H groups in total. The Morgan fingerprint density at radius 3 is 2.46 bits per heavy atom. The number of hydrogen-bond donors (Lipinski definition) is 2. The Hall–Kier alpha value is -2.68. The first kappa shape index (κ1) is 16.8. The van der Waals surface area contributed by atoms with E-state index in [0.29, 0.717) is 0 Å². The second-order valence-electron chi connectivity index (χ2n) is 6.98. The maximum atomic E-state index is 11.8. The van der Waals surface area contributed by atoms with Gasteiger partial charge in [0, 0.05) is 51.3 Å². The summed E-state index contributed by atoms with van der Waals surface area (Å²) in [5.41, 5.74) is 7.55. The molecule has 2 aromatic heterocycles. The lowest BCUT2D eigenvalue weighted by atomic mass is 9.80. The summed E-state index contributed by atoms with van der Waals surface area (Å²) in [6.45, 7) is 3.10. The Labute approximate surface area is 151 Å². The highest BCUT2D eigenvalue weighted by atomic mass is 16.3. The van der Waals surface area contributed by atoms with Crippen LogP contribution in [-0.2, 0) is 7.05 Å². The van der Waals surface area contributed by atoms with Gasteiger partial charge in [0.25, 0.3) is 5.56 Å². The number of hydrogen-bond acceptors (Lipinski definition) is 8. The Balaban J connectivity index is 1.46. The molecular weight excluding hydrogens is 334 g/mol. The van der Waals surface area contributed by atoms with Crippen molar-refractivity contribution in [2.45, 2.75) is 24.9 Å². The second-order valence-corrected chi connectivity index (χ2v) is 6.98. The van der Waals surface area contributed by atoms with Crippen molar-refractivity contribution in [2.24, 2.45) is 7.05 Å². The van der Waals surface area contributed by atoms with Crippen LogP contribution in [0.15, 0.2) is 23.1 Å². The fourth-order valence-electron chi connectivity index (χ4n) is 3.50. The molecule has 2 fully saturated rings. The summed E-state index contributed by atoms with van der Waals surface area (Å²) in [6, 6.07) is 3.60. The first-order valence-corrected chi connectivity index (χ1v) is 8.85. The molecular formula is C17H23N7O2. The van der Waals surface area contributed by atoms with Crippen molar-refractivity contribution in [2.75, 3.05) is 41.7 Å². The molecule has 138 valence electrons. The van der Waals surface area contributed by atoms with Crippen molar-refractivity contribution in [1.29, 1.82) is 0 Å². The molecule has 3 heterocycles. The van der Waals surface area contributed by atoms with Crippen LogP contribution in [0.5, 0.6) is 0 Å². The second kappa shape index (κ2) is 6.56. The maximum Gasteiger partial charge on any atom is 0.268 e. The molecule has 0 unspecified atom stereocenters. The Bertz CT molecular complexity index is 854. The lowest BCUT2D eigenvalue weighted by Crippen LogP contribution is -2.47. The molecule has 2 aliphatic rings. The molecule has 2 aromatic rings. The van der Waals surface area contributed by atoms with Crippen LogP contribution in [0.25, 0.3) is 0 Å². The molecule has 0 spiro atoms. The number of nitrogens with zero attached hydrogens (tertiary/aromatic N) is 6. The van der Waals surface area contributed by atoms with Gasteiger partial charge in [-0.15, -0.1) is 0 Å². The predicted molar refractivity (Wildman–Crippen MR) is 98.3 cm³/mol. The molecule has 0 bridgehead atoms. The number of anilines is 3. The van der Waals surface area contributed by atoms with Crippen molar-refractivity contribution in [3.63, 3.8) is 0 Å². The van der Waals surface area contributed by atoms with Crippen molar-refractivity contribution in [3.05, 3.63) is 34.4 Å². The van der Waals surface area contributed by atoms with Gasteiger partial charge in [0.05, 0.1) is 23.7 Å². The summed E-state index contributed by atoms with van der Waals surface area (Å²) in [5, 5.41) is 13.6. The highest BCUT2D eigenvalue weighted by molar-refractivity contribution is 5.49. The van der Waals surface area contributed by atoms with E-state index in [1.165, 1.54) is 4.68 Å². The summed E-state index contributed by atoms with van der Waals surface area (Å²) >= 11 is 0. The van der Waals surface area contributed by atoms with Gasteiger partial charge in [-0.05, 0) is 12.8 Å². The largest absolute Gasteiger partial charge is 0.393 e. The van der Waals surface area contributed by atoms with Gasteiger partial charge in [-0.2, -0.15) is 10.1 Å². The summed E-state index contributed by atoms with van der Waals surface area (Å²) in [6.07, 6.45) is 2.97. The van der Waals surface area contributed by atoms with E-state index in [2.05, 4.69) is 24.9 Å². The molecule has 1 aliphatic heterocycles. The highest BCUT2D eigenvalue weighted by Crippen LogP contribution is 2.37. The molecule has 4 rings (SSSR count). The van der Waals surface area contributed by atoms with Crippen molar-refractivity contribution in [1.82, 2.24) is 19.7 Å². The normalized spacial score (nSPS) is 23.0. The molecule has 0 aromatic carbocycles. The smallest absolute Gasteiger partial charge is 0.268 e. The van der Waals surface area contributed by atoms with E-state index in [4.69, 9.17) is 5.73 Å². The zero-order chi connectivity index (χ0) is 18.3. The summed E-state index contributed by atoms with van der Waals surface area (Å²) in [7, 11) is 1.64. The molecule has 0 atom stereocenters. The van der Waals surface area contributed by atoms with E-state index < -0.39 is 0 Å². The fraction of sp³-hybridized carbons (Fsp3) is 0.529. The topological polar surface area (TPSA) is 113 Å². The molecule has 0 amide bonds. The monoisotopic (exact) mass is 357 g/mol. The number of aryl methyl sites for hydroxylation is 1. The quantitative estimate of drug-likeness (QED) is 0.771. The van der Waals surface area contributed by atoms with Crippen molar-refractivity contribution < 1.29 is 5.11 Å². The van der Waals surface area contributed by atoms with E-state index in [1.54, 1.807) is 19.3 Å². The highest BCUT2D eigenvalue weighted by Gasteiger charge is 2.31. The number of aliphatic hydroxyl groups excluding tert-OH is 1. The van der Waals surface area contributed by atoms with Crippen LogP contribution >= 0.6 is 0 Å². The zero-order valence-corrected chi connectivity index (χ0v) is 14.7.